The maximum absolute atomic E-state index is 12.9. The summed E-state index contributed by atoms with van der Waals surface area (Å²) in [5.74, 6) is 0.797. The van der Waals surface area contributed by atoms with Crippen molar-refractivity contribution in [3.05, 3.63) is 103 Å². The fourth-order valence-electron chi connectivity index (χ4n) is 4.36. The molecule has 7 nitrogen and oxygen atoms in total. The number of nitrogens with zero attached hydrogens (tertiary/aromatic N) is 1. The fraction of sp³-hybridized carbons (Fsp3) is 0.513. The molecule has 0 radical (unpaired) electrons. The largest absolute Gasteiger partial charge is 0.394 e. The summed E-state index contributed by atoms with van der Waals surface area (Å²) in [5, 5.41) is 25.0. The van der Waals surface area contributed by atoms with Crippen molar-refractivity contribution in [3.8, 4) is 0 Å². The van der Waals surface area contributed by atoms with Crippen molar-refractivity contribution in [2.75, 3.05) is 32.0 Å². The molecule has 0 saturated heterocycles. The summed E-state index contributed by atoms with van der Waals surface area (Å²) in [6, 6.07) is 3.53. The van der Waals surface area contributed by atoms with E-state index in [4.69, 9.17) is 5.11 Å². The number of carbonyl (C=O) groups is 2. The van der Waals surface area contributed by atoms with Crippen LogP contribution >= 0.6 is 21.6 Å². The van der Waals surface area contributed by atoms with Crippen LogP contribution in [0.3, 0.4) is 0 Å². The Bertz CT molecular complexity index is 1160. The molecule has 1 aromatic rings. The van der Waals surface area contributed by atoms with E-state index in [2.05, 4.69) is 109 Å². The first-order chi connectivity index (χ1) is 23.3. The first kappa shape index (κ1) is 43.3. The van der Waals surface area contributed by atoms with E-state index in [0.717, 1.165) is 50.7 Å². The Balaban J connectivity index is 2.23. The topological polar surface area (TPSA) is 112 Å². The van der Waals surface area contributed by atoms with Crippen LogP contribution in [0.25, 0.3) is 0 Å². The van der Waals surface area contributed by atoms with Crippen molar-refractivity contribution in [3.63, 3.8) is 0 Å². The van der Waals surface area contributed by atoms with Gasteiger partial charge in [-0.15, -0.1) is 0 Å². The Kier molecular flexibility index (Phi) is 26.4. The fourth-order valence-corrected chi connectivity index (χ4v) is 7.05. The summed E-state index contributed by atoms with van der Waals surface area (Å²) in [6.07, 6.45) is 35.8. The SMILES string of the molecule is CC/C=C\C/C=C\C/C=C\C/C=C\C/C=C\C/C=C\CCC(=O)NCCSSC(C)(C)[C@@H](CNC[C@@H](O)CO)CC(=O)c1cccnc1. The smallest absolute Gasteiger partial charge is 0.220 e. The van der Waals surface area contributed by atoms with Gasteiger partial charge in [-0.25, -0.2) is 0 Å². The normalized spacial score (nSPS) is 14.0. The summed E-state index contributed by atoms with van der Waals surface area (Å²) >= 11 is 0. The number of pyridine rings is 1. The lowest BCUT2D eigenvalue weighted by atomic mass is 9.88. The standard InChI is InChI=1S/C39H59N3O4S2/c1-4-5-6-7-8-9-10-11-12-13-14-15-16-17-18-19-20-21-22-25-38(46)42-27-28-47-48-39(2,3)35(31-41-32-36(44)33-43)29-37(45)34-24-23-26-40-30-34/h5-6,8-9,11-12,14-15,17-18,20-21,23-24,26,30,35-36,41,43-44H,4,7,10,13,16,19,22,25,27-29,31-33H2,1-3H3,(H,42,46)/b6-5-,9-8-,12-11-,15-14-,18-17-,21-20-/t35-,36-/m1/s1. The maximum atomic E-state index is 12.9. The second-order valence-electron chi connectivity index (χ2n) is 11.9. The molecule has 266 valence electrons. The number of hydrogen-bond acceptors (Lipinski definition) is 8. The first-order valence-electron chi connectivity index (χ1n) is 17.2. The zero-order valence-corrected chi connectivity index (χ0v) is 30.9. The number of aromatic nitrogens is 1. The van der Waals surface area contributed by atoms with Gasteiger partial charge in [0.2, 0.25) is 5.91 Å². The number of ketones is 1. The molecule has 1 amide bonds. The number of aliphatic hydroxyl groups is 2. The monoisotopic (exact) mass is 697 g/mol. The molecule has 48 heavy (non-hydrogen) atoms. The minimum absolute atomic E-state index is 0.0235. The molecule has 1 heterocycles. The van der Waals surface area contributed by atoms with Crippen LogP contribution in [0.15, 0.2) is 97.4 Å². The molecule has 4 N–H and O–H groups in total. The Morgan fingerprint density at radius 3 is 2.02 bits per heavy atom. The van der Waals surface area contributed by atoms with E-state index in [9.17, 15) is 14.7 Å². The number of rotatable bonds is 28. The van der Waals surface area contributed by atoms with E-state index in [1.54, 1.807) is 46.1 Å². The van der Waals surface area contributed by atoms with Crippen molar-refractivity contribution < 1.29 is 19.8 Å². The zero-order valence-electron chi connectivity index (χ0n) is 29.3. The first-order valence-corrected chi connectivity index (χ1v) is 19.5. The van der Waals surface area contributed by atoms with Crippen LogP contribution in [-0.4, -0.2) is 69.7 Å². The average Bonchev–Trinajstić information content (AvgIpc) is 3.08. The number of nitrogens with one attached hydrogen (secondary N) is 2. The third kappa shape index (κ3) is 23.6. The van der Waals surface area contributed by atoms with Gasteiger partial charge >= 0.3 is 0 Å². The summed E-state index contributed by atoms with van der Waals surface area (Å²) in [5.41, 5.74) is 0.582. The molecule has 9 heteroatoms. The summed E-state index contributed by atoms with van der Waals surface area (Å²) in [6.45, 7) is 7.42. The molecule has 0 aliphatic carbocycles. The second-order valence-corrected chi connectivity index (χ2v) is 14.9. The molecule has 2 atom stereocenters. The number of carbonyl (C=O) groups excluding carboxylic acids is 2. The molecule has 0 unspecified atom stereocenters. The highest BCUT2D eigenvalue weighted by Gasteiger charge is 2.32. The molecule has 0 aromatic carbocycles. The van der Waals surface area contributed by atoms with Crippen molar-refractivity contribution in [1.82, 2.24) is 15.6 Å². The summed E-state index contributed by atoms with van der Waals surface area (Å²) < 4.78 is -0.264. The van der Waals surface area contributed by atoms with E-state index in [0.29, 0.717) is 31.5 Å². The number of amides is 1. The molecule has 0 aliphatic rings. The van der Waals surface area contributed by atoms with E-state index in [1.807, 2.05) is 0 Å². The number of allylic oxidation sites excluding steroid dienone is 12. The minimum atomic E-state index is -0.840. The predicted molar refractivity (Wildman–Crippen MR) is 207 cm³/mol. The molecule has 0 bridgehead atoms. The van der Waals surface area contributed by atoms with E-state index < -0.39 is 6.10 Å². The van der Waals surface area contributed by atoms with Gasteiger partial charge in [0.1, 0.15) is 0 Å². The molecule has 0 aliphatic heterocycles. The van der Waals surface area contributed by atoms with Crippen LogP contribution in [0.2, 0.25) is 0 Å². The van der Waals surface area contributed by atoms with Gasteiger partial charge in [0.25, 0.3) is 0 Å². The minimum Gasteiger partial charge on any atom is -0.394 e. The highest BCUT2D eigenvalue weighted by molar-refractivity contribution is 8.77. The second kappa shape index (κ2) is 29.2. The lowest BCUT2D eigenvalue weighted by molar-refractivity contribution is -0.120. The van der Waals surface area contributed by atoms with E-state index >= 15 is 0 Å². The predicted octanol–water partition coefficient (Wildman–Crippen LogP) is 7.97. The molecular weight excluding hydrogens is 639 g/mol. The molecule has 0 saturated carbocycles. The Hall–Kier alpha value is -2.69. The van der Waals surface area contributed by atoms with E-state index in [-0.39, 0.29) is 35.5 Å². The Labute approximate surface area is 298 Å². The Morgan fingerprint density at radius 1 is 0.896 bits per heavy atom. The highest BCUT2D eigenvalue weighted by atomic mass is 33.1. The van der Waals surface area contributed by atoms with Gasteiger partial charge in [-0.3, -0.25) is 14.6 Å². The third-order valence-corrected chi connectivity index (χ3v) is 10.7. The maximum Gasteiger partial charge on any atom is 0.220 e. The van der Waals surface area contributed by atoms with Crippen LogP contribution in [-0.2, 0) is 4.79 Å². The quantitative estimate of drug-likeness (QED) is 0.0302. The Morgan fingerprint density at radius 2 is 1.48 bits per heavy atom. The molecule has 0 fully saturated rings. The number of hydrogen-bond donors (Lipinski definition) is 4. The van der Waals surface area contributed by atoms with E-state index in [1.165, 1.54) is 0 Å². The lowest BCUT2D eigenvalue weighted by Gasteiger charge is -2.33. The van der Waals surface area contributed by atoms with Crippen molar-refractivity contribution in [1.29, 1.82) is 0 Å². The molecular formula is C39H59N3O4S2. The lowest BCUT2D eigenvalue weighted by Crippen LogP contribution is -2.40. The van der Waals surface area contributed by atoms with Gasteiger partial charge in [0.15, 0.2) is 5.78 Å². The van der Waals surface area contributed by atoms with Crippen LogP contribution in [0.4, 0.5) is 0 Å². The van der Waals surface area contributed by atoms with Crippen molar-refractivity contribution in [2.45, 2.75) is 89.4 Å². The average molecular weight is 698 g/mol. The van der Waals surface area contributed by atoms with Crippen molar-refractivity contribution >= 4 is 33.3 Å². The van der Waals surface area contributed by atoms with Crippen LogP contribution in [0, 0.1) is 5.92 Å². The van der Waals surface area contributed by atoms with Crippen molar-refractivity contribution in [2.24, 2.45) is 5.92 Å². The van der Waals surface area contributed by atoms with Crippen LogP contribution in [0.5, 0.6) is 0 Å². The number of aliphatic hydroxyl groups excluding tert-OH is 2. The van der Waals surface area contributed by atoms with Gasteiger partial charge in [0.05, 0.1) is 12.7 Å². The van der Waals surface area contributed by atoms with Crippen LogP contribution < -0.4 is 10.6 Å². The van der Waals surface area contributed by atoms with Crippen LogP contribution in [0.1, 0.15) is 88.9 Å². The van der Waals surface area contributed by atoms with Gasteiger partial charge in [-0.05, 0) is 83.4 Å². The van der Waals surface area contributed by atoms with Gasteiger partial charge in [-0.1, -0.05) is 101 Å². The molecule has 0 spiro atoms. The van der Waals surface area contributed by atoms with Gasteiger partial charge < -0.3 is 20.8 Å². The summed E-state index contributed by atoms with van der Waals surface area (Å²) in [4.78, 5) is 29.3. The zero-order chi connectivity index (χ0) is 35.1. The third-order valence-electron chi connectivity index (χ3n) is 7.30. The highest BCUT2D eigenvalue weighted by Crippen LogP contribution is 2.42. The van der Waals surface area contributed by atoms with Gasteiger partial charge in [-0.2, -0.15) is 0 Å². The summed E-state index contributed by atoms with van der Waals surface area (Å²) in [7, 11) is 3.38. The molecule has 1 rings (SSSR count). The molecule has 1 aromatic heterocycles. The number of Topliss-reactive ketones (excluding diaryl/α,β-unsaturated/α-hetero) is 1. The van der Waals surface area contributed by atoms with Gasteiger partial charge in [0, 0.05) is 54.4 Å².